The number of aryl methyl sites for hydroxylation is 1. The van der Waals surface area contributed by atoms with Gasteiger partial charge in [0.2, 0.25) is 0 Å². The zero-order chi connectivity index (χ0) is 13.8. The van der Waals surface area contributed by atoms with E-state index in [0.717, 1.165) is 36.7 Å². The highest BCUT2D eigenvalue weighted by atomic mass is 16.5. The van der Waals surface area contributed by atoms with E-state index < -0.39 is 0 Å². The second-order valence-corrected chi connectivity index (χ2v) is 5.53. The summed E-state index contributed by atoms with van der Waals surface area (Å²) in [7, 11) is 0. The van der Waals surface area contributed by atoms with Crippen LogP contribution in [0.25, 0.3) is 0 Å². The van der Waals surface area contributed by atoms with E-state index in [2.05, 4.69) is 27.2 Å². The summed E-state index contributed by atoms with van der Waals surface area (Å²) in [5.74, 6) is 1.00. The Morgan fingerprint density at radius 3 is 3.00 bits per heavy atom. The van der Waals surface area contributed by atoms with Crippen molar-refractivity contribution in [1.29, 1.82) is 0 Å². The molecule has 106 valence electrons. The van der Waals surface area contributed by atoms with Crippen molar-refractivity contribution >= 4 is 0 Å². The average molecular weight is 271 g/mol. The Hall–Kier alpha value is -1.68. The molecule has 3 rings (SSSR count). The Bertz CT molecular complexity index is 538. The van der Waals surface area contributed by atoms with Gasteiger partial charge in [-0.15, -0.1) is 0 Å². The van der Waals surface area contributed by atoms with Crippen LogP contribution < -0.4 is 0 Å². The normalized spacial score (nSPS) is 20.8. The highest BCUT2D eigenvalue weighted by Gasteiger charge is 2.26. The first-order valence-electron chi connectivity index (χ1n) is 7.40. The molecule has 4 nitrogen and oxygen atoms in total. The molecule has 0 N–H and O–H groups in total. The summed E-state index contributed by atoms with van der Waals surface area (Å²) in [6, 6.07) is 8.51. The van der Waals surface area contributed by atoms with Gasteiger partial charge in [-0.05, 0) is 38.4 Å². The van der Waals surface area contributed by atoms with Crippen molar-refractivity contribution in [3.8, 4) is 0 Å². The lowest BCUT2D eigenvalue weighted by molar-refractivity contribution is 0.158. The minimum atomic E-state index is 0.334. The maximum Gasteiger partial charge on any atom is 0.154 e. The Kier molecular flexibility index (Phi) is 4.11. The lowest BCUT2D eigenvalue weighted by Gasteiger charge is -2.27. The van der Waals surface area contributed by atoms with Crippen molar-refractivity contribution in [2.75, 3.05) is 6.54 Å². The van der Waals surface area contributed by atoms with E-state index in [9.17, 15) is 0 Å². The lowest BCUT2D eigenvalue weighted by Crippen LogP contribution is -2.28. The highest BCUT2D eigenvalue weighted by Crippen LogP contribution is 2.31. The third-order valence-corrected chi connectivity index (χ3v) is 3.93. The monoisotopic (exact) mass is 271 g/mol. The van der Waals surface area contributed by atoms with Crippen LogP contribution >= 0.6 is 0 Å². The molecule has 0 aromatic carbocycles. The van der Waals surface area contributed by atoms with Crippen LogP contribution in [-0.4, -0.2) is 21.6 Å². The van der Waals surface area contributed by atoms with Crippen LogP contribution in [0.5, 0.6) is 0 Å². The third-order valence-electron chi connectivity index (χ3n) is 3.93. The fraction of sp³-hybridized carbons (Fsp3) is 0.500. The van der Waals surface area contributed by atoms with Crippen molar-refractivity contribution in [3.05, 3.63) is 47.6 Å². The molecule has 1 aliphatic heterocycles. The van der Waals surface area contributed by atoms with E-state index >= 15 is 0 Å². The second-order valence-electron chi connectivity index (χ2n) is 5.53. The van der Waals surface area contributed by atoms with Crippen LogP contribution in [0.3, 0.4) is 0 Å². The van der Waals surface area contributed by atoms with Crippen molar-refractivity contribution in [1.82, 2.24) is 15.0 Å². The van der Waals surface area contributed by atoms with Crippen molar-refractivity contribution < 1.29 is 4.52 Å². The zero-order valence-corrected chi connectivity index (χ0v) is 12.0. The van der Waals surface area contributed by atoms with E-state index in [-0.39, 0.29) is 0 Å². The topological polar surface area (TPSA) is 42.2 Å². The fourth-order valence-electron chi connectivity index (χ4n) is 2.92. The second kappa shape index (κ2) is 6.18. The van der Waals surface area contributed by atoms with E-state index in [1.165, 1.54) is 19.3 Å². The number of likely N-dealkylation sites (tertiary alicyclic amines) is 1. The Morgan fingerprint density at radius 1 is 1.30 bits per heavy atom. The molecule has 4 heteroatoms. The number of aromatic nitrogens is 2. The first-order chi connectivity index (χ1) is 9.83. The Morgan fingerprint density at radius 2 is 2.25 bits per heavy atom. The van der Waals surface area contributed by atoms with Crippen molar-refractivity contribution in [3.63, 3.8) is 0 Å². The molecule has 1 atom stereocenters. The number of hydrogen-bond acceptors (Lipinski definition) is 4. The van der Waals surface area contributed by atoms with Gasteiger partial charge < -0.3 is 4.52 Å². The summed E-state index contributed by atoms with van der Waals surface area (Å²) in [4.78, 5) is 6.93. The number of nitrogens with zero attached hydrogens (tertiary/aromatic N) is 3. The van der Waals surface area contributed by atoms with Gasteiger partial charge in [0.1, 0.15) is 0 Å². The van der Waals surface area contributed by atoms with Gasteiger partial charge in [-0.25, -0.2) is 0 Å². The summed E-state index contributed by atoms with van der Waals surface area (Å²) in [6.45, 7) is 3.96. The Balaban J connectivity index is 1.80. The molecule has 0 unspecified atom stereocenters. The van der Waals surface area contributed by atoms with Gasteiger partial charge >= 0.3 is 0 Å². The Labute approximate surface area is 119 Å². The molecular weight excluding hydrogens is 250 g/mol. The van der Waals surface area contributed by atoms with Crippen LogP contribution in [0.1, 0.15) is 48.9 Å². The molecule has 1 aliphatic rings. The van der Waals surface area contributed by atoms with Crippen LogP contribution in [0, 0.1) is 6.92 Å². The molecule has 0 saturated carbocycles. The SMILES string of the molecule is Cc1cc([C@@H]2CCCCCN2Cc2ccccn2)on1. The van der Waals surface area contributed by atoms with Gasteiger partial charge in [0.05, 0.1) is 17.4 Å². The number of rotatable bonds is 3. The van der Waals surface area contributed by atoms with Crippen LogP contribution in [0.4, 0.5) is 0 Å². The molecule has 3 heterocycles. The molecular formula is C16H21N3O. The van der Waals surface area contributed by atoms with Gasteiger partial charge in [0.15, 0.2) is 5.76 Å². The van der Waals surface area contributed by atoms with Crippen molar-refractivity contribution in [2.45, 2.75) is 45.2 Å². The third kappa shape index (κ3) is 3.07. The first-order valence-corrected chi connectivity index (χ1v) is 7.40. The molecule has 0 radical (unpaired) electrons. The molecule has 1 fully saturated rings. The van der Waals surface area contributed by atoms with Gasteiger partial charge in [0, 0.05) is 18.8 Å². The van der Waals surface area contributed by atoms with E-state index in [4.69, 9.17) is 4.52 Å². The highest BCUT2D eigenvalue weighted by molar-refractivity contribution is 5.10. The van der Waals surface area contributed by atoms with Gasteiger partial charge in [-0.1, -0.05) is 24.1 Å². The van der Waals surface area contributed by atoms with E-state index in [1.54, 1.807) is 0 Å². The lowest BCUT2D eigenvalue weighted by atomic mass is 10.1. The fourth-order valence-corrected chi connectivity index (χ4v) is 2.92. The molecule has 0 amide bonds. The molecule has 20 heavy (non-hydrogen) atoms. The van der Waals surface area contributed by atoms with E-state index in [0.29, 0.717) is 6.04 Å². The van der Waals surface area contributed by atoms with Crippen LogP contribution in [0.2, 0.25) is 0 Å². The standard InChI is InChI=1S/C16H21N3O/c1-13-11-16(20-18-13)15-8-3-2-6-10-19(15)12-14-7-4-5-9-17-14/h4-5,7,9,11,15H,2-3,6,8,10,12H2,1H3/t15-/m0/s1. The molecule has 1 saturated heterocycles. The molecule has 0 aliphatic carbocycles. The smallest absolute Gasteiger partial charge is 0.154 e. The molecule has 0 spiro atoms. The number of pyridine rings is 1. The minimum Gasteiger partial charge on any atom is -0.359 e. The quantitative estimate of drug-likeness (QED) is 0.857. The maximum absolute atomic E-state index is 5.52. The molecule has 2 aromatic heterocycles. The summed E-state index contributed by atoms with van der Waals surface area (Å²) in [5, 5.41) is 4.05. The largest absolute Gasteiger partial charge is 0.359 e. The van der Waals surface area contributed by atoms with Crippen molar-refractivity contribution in [2.24, 2.45) is 0 Å². The number of hydrogen-bond donors (Lipinski definition) is 0. The van der Waals surface area contributed by atoms with Gasteiger partial charge in [-0.2, -0.15) is 0 Å². The van der Waals surface area contributed by atoms with Crippen LogP contribution in [-0.2, 0) is 6.54 Å². The maximum atomic E-state index is 5.52. The predicted octanol–water partition coefficient (Wildman–Crippen LogP) is 3.50. The summed E-state index contributed by atoms with van der Waals surface area (Å²) >= 11 is 0. The summed E-state index contributed by atoms with van der Waals surface area (Å²) < 4.78 is 5.52. The van der Waals surface area contributed by atoms with Gasteiger partial charge in [-0.3, -0.25) is 9.88 Å². The molecule has 2 aromatic rings. The summed E-state index contributed by atoms with van der Waals surface area (Å²) in [6.07, 6.45) is 6.80. The predicted molar refractivity (Wildman–Crippen MR) is 77.1 cm³/mol. The minimum absolute atomic E-state index is 0.334. The van der Waals surface area contributed by atoms with Crippen LogP contribution in [0.15, 0.2) is 35.0 Å². The first kappa shape index (κ1) is 13.3. The van der Waals surface area contributed by atoms with E-state index in [1.807, 2.05) is 25.3 Å². The van der Waals surface area contributed by atoms with Gasteiger partial charge in [0.25, 0.3) is 0 Å². The summed E-state index contributed by atoms with van der Waals surface area (Å²) in [5.41, 5.74) is 2.08. The zero-order valence-electron chi connectivity index (χ0n) is 12.0. The average Bonchev–Trinajstić information content (AvgIpc) is 2.76. The molecule has 0 bridgehead atoms.